The van der Waals surface area contributed by atoms with E-state index in [1.54, 1.807) is 142 Å². The van der Waals surface area contributed by atoms with Crippen LogP contribution >= 0.6 is 69.3 Å². The summed E-state index contributed by atoms with van der Waals surface area (Å²) in [4.78, 5) is 107. The number of thiazole rings is 3. The highest BCUT2D eigenvalue weighted by Crippen LogP contribution is 2.35. The zero-order valence-corrected chi connectivity index (χ0v) is 60.5. The Morgan fingerprint density at radius 2 is 0.845 bits per heavy atom. The third-order valence-corrected chi connectivity index (χ3v) is 22.4. The van der Waals surface area contributed by atoms with Crippen LogP contribution < -0.4 is 31.9 Å². The molecule has 12 rings (SSSR count). The second-order valence-corrected chi connectivity index (χ2v) is 30.3. The number of hydrogen-bond donors (Lipinski definition) is 6. The molecule has 0 aliphatic carbocycles. The van der Waals surface area contributed by atoms with Crippen molar-refractivity contribution in [1.29, 1.82) is 0 Å². The first kappa shape index (κ1) is 75.9. The second kappa shape index (κ2) is 37.9. The normalized spacial score (nSPS) is 15.7. The van der Waals surface area contributed by atoms with Crippen LogP contribution in [0, 0.1) is 0 Å². The first-order valence-corrected chi connectivity index (χ1v) is 38.0. The van der Waals surface area contributed by atoms with Crippen molar-refractivity contribution in [2.75, 3.05) is 71.2 Å². The molecule has 0 saturated carbocycles. The van der Waals surface area contributed by atoms with Crippen LogP contribution in [0.25, 0.3) is 0 Å². The van der Waals surface area contributed by atoms with Crippen LogP contribution in [-0.4, -0.2) is 142 Å². The number of likely N-dealkylation sites (tertiary alicyclic amines) is 3. The van der Waals surface area contributed by atoms with Gasteiger partial charge >= 0.3 is 6.18 Å². The van der Waals surface area contributed by atoms with Crippen molar-refractivity contribution >= 4 is 137 Å². The van der Waals surface area contributed by atoms with Gasteiger partial charge in [-0.3, -0.25) is 38.7 Å². The lowest BCUT2D eigenvalue weighted by atomic mass is 10.0. The average molecular weight is 1510 g/mol. The molecule has 9 aromatic rings. The van der Waals surface area contributed by atoms with Crippen molar-refractivity contribution in [3.8, 4) is 0 Å². The van der Waals surface area contributed by atoms with Crippen molar-refractivity contribution in [2.24, 2.45) is 0 Å². The average Bonchev–Trinajstić information content (AvgIpc) is 1.04. The number of pyridine rings is 2. The van der Waals surface area contributed by atoms with E-state index < -0.39 is 12.0 Å². The number of aromatic nitrogens is 7. The molecule has 103 heavy (non-hydrogen) atoms. The lowest BCUT2D eigenvalue weighted by Gasteiger charge is -2.33. The predicted molar refractivity (Wildman–Crippen MR) is 404 cm³/mol. The van der Waals surface area contributed by atoms with Gasteiger partial charge in [-0.1, -0.05) is 65.9 Å². The zero-order chi connectivity index (χ0) is 72.5. The van der Waals surface area contributed by atoms with Crippen LogP contribution in [0.5, 0.6) is 0 Å². The van der Waals surface area contributed by atoms with Gasteiger partial charge in [-0.15, -0.1) is 35.3 Å². The number of nitrogens with one attached hydrogen (secondary N) is 6. The Morgan fingerprint density at radius 3 is 1.19 bits per heavy atom. The fourth-order valence-electron chi connectivity index (χ4n) is 10.8. The number of hydrogen-bond acceptors (Lipinski definition) is 22. The van der Waals surface area contributed by atoms with Crippen molar-refractivity contribution in [3.05, 3.63) is 230 Å². The number of benzene rings is 3. The zero-order valence-electron chi connectivity index (χ0n) is 55.6. The molecule has 3 saturated heterocycles. The van der Waals surface area contributed by atoms with Gasteiger partial charge in [0.1, 0.15) is 0 Å². The van der Waals surface area contributed by atoms with Gasteiger partial charge in [-0.2, -0.15) is 13.2 Å². The SMILES string of the molecule is C=CC(=O)Nc1ccc(C(=O)N2CCC[C@@H](Nc3ncc(SCc4ccccn4)s3)C2)cc1.C=CC(=O)Nc1ccc(C(=O)N2CCC[C@@H](Nc3ncc(SCc4cccnc4)s3)C2)cc1.C=CC(=O)Nc1ccc(C(=O)N2CCC[C@@H](Nc3ncc(SCc4cnc(C(F)(F)F)nc4)s3)C2)cc1. The number of piperidine rings is 3. The highest BCUT2D eigenvalue weighted by atomic mass is 32.2. The topological polar surface area (TPSA) is 275 Å². The maximum Gasteiger partial charge on any atom is 0.451 e. The molecule has 3 atom stereocenters. The number of carbonyl (C=O) groups is 6. The number of carbonyl (C=O) groups excluding carboxylic acids is 6. The molecule has 534 valence electrons. The molecule has 6 aromatic heterocycles. The largest absolute Gasteiger partial charge is 0.451 e. The number of nitrogens with zero attached hydrogens (tertiary/aromatic N) is 10. The van der Waals surface area contributed by atoms with Crippen molar-refractivity contribution in [1.82, 2.24) is 49.6 Å². The van der Waals surface area contributed by atoms with Crippen LogP contribution in [0.4, 0.5) is 45.6 Å². The molecule has 31 heteroatoms. The maximum absolute atomic E-state index is 13.0. The van der Waals surface area contributed by atoms with Gasteiger partial charge in [0, 0.05) is 139 Å². The molecule has 0 radical (unpaired) electrons. The van der Waals surface area contributed by atoms with Gasteiger partial charge in [0.2, 0.25) is 23.5 Å². The van der Waals surface area contributed by atoms with Gasteiger partial charge in [0.15, 0.2) is 15.4 Å². The van der Waals surface area contributed by atoms with E-state index in [0.717, 1.165) is 91.7 Å². The standard InChI is InChI=1S/C24H23F3N6O2S2.2C24H25N5O2S2/c1-2-19(34)31-17-7-5-16(6-8-17)21(35)33-9-3-4-18(13-33)32-23-30-12-20(37-23)36-14-15-10-28-22(29-11-15)24(25,26)27;1-2-21(30)27-19-9-7-18(8-10-19)23(31)29-12-4-6-20(15-29)28-24-26-14-22(33-24)32-16-17-5-3-11-25-13-17;1-2-21(30)27-18-10-8-17(9-11-18)23(31)29-13-5-7-19(15-29)28-24-26-14-22(33-24)32-16-20-6-3-4-12-25-20/h2,5-8,10-12,18H,1,3-4,9,13-14H2,(H,30,32)(H,31,34);2-3,5,7-11,13-14,20H,1,4,6,12,15-16H2,(H,26,28)(H,27,30);2-4,6,8-12,14,19H,1,5,7,13,15-16H2,(H,26,28)(H,27,30)/t18-;20-;19-/m111/s1. The molecular formula is C72H73F3N16O6S6. The third kappa shape index (κ3) is 23.6. The van der Waals surface area contributed by atoms with E-state index >= 15 is 0 Å². The van der Waals surface area contributed by atoms with Crippen LogP contribution in [0.15, 0.2) is 203 Å². The summed E-state index contributed by atoms with van der Waals surface area (Å²) in [5.74, 6) is -0.0328. The monoisotopic (exact) mass is 1510 g/mol. The molecular weight excluding hydrogens is 1430 g/mol. The summed E-state index contributed by atoms with van der Waals surface area (Å²) in [6, 6.07) is 30.9. The summed E-state index contributed by atoms with van der Waals surface area (Å²) in [5.41, 5.74) is 6.42. The van der Waals surface area contributed by atoms with E-state index in [-0.39, 0.29) is 53.6 Å². The number of anilines is 6. The third-order valence-electron chi connectivity index (χ3n) is 15.8. The first-order valence-electron chi connectivity index (χ1n) is 32.6. The second-order valence-electron chi connectivity index (χ2n) is 23.4. The van der Waals surface area contributed by atoms with Gasteiger partial charge in [-0.05, 0) is 159 Å². The summed E-state index contributed by atoms with van der Waals surface area (Å²) in [5, 5.41) is 20.9. The number of amides is 6. The summed E-state index contributed by atoms with van der Waals surface area (Å²) in [7, 11) is 0. The quantitative estimate of drug-likeness (QED) is 0.0242. The lowest BCUT2D eigenvalue weighted by molar-refractivity contribution is -0.145. The van der Waals surface area contributed by atoms with Gasteiger partial charge in [-0.25, -0.2) is 24.9 Å². The number of rotatable bonds is 24. The molecule has 6 amide bonds. The highest BCUT2D eigenvalue weighted by molar-refractivity contribution is 8.01. The fraction of sp³-hybridized carbons (Fsp3) is 0.264. The van der Waals surface area contributed by atoms with Crippen LogP contribution in [0.3, 0.4) is 0 Å². The Labute approximate surface area is 618 Å². The fourth-order valence-corrected chi connectivity index (χ4v) is 16.4. The minimum atomic E-state index is -4.56. The van der Waals surface area contributed by atoms with Crippen molar-refractivity contribution < 1.29 is 41.9 Å². The Kier molecular flexibility index (Phi) is 27.9. The molecule has 3 fully saturated rings. The lowest BCUT2D eigenvalue weighted by Crippen LogP contribution is -2.45. The Hall–Kier alpha value is -9.79. The highest BCUT2D eigenvalue weighted by Gasteiger charge is 2.34. The maximum atomic E-state index is 13.0. The van der Waals surface area contributed by atoms with E-state index in [9.17, 15) is 41.9 Å². The van der Waals surface area contributed by atoms with E-state index in [4.69, 9.17) is 0 Å². The molecule has 9 heterocycles. The summed E-state index contributed by atoms with van der Waals surface area (Å²) in [6.07, 6.45) is 18.0. The van der Waals surface area contributed by atoms with E-state index in [2.05, 4.69) is 92.6 Å². The Morgan fingerprint density at radius 1 is 0.456 bits per heavy atom. The van der Waals surface area contributed by atoms with E-state index in [1.165, 1.54) is 59.3 Å². The molecule has 3 aliphatic rings. The van der Waals surface area contributed by atoms with Crippen molar-refractivity contribution in [2.45, 2.75) is 92.7 Å². The Bertz CT molecular complexity index is 4150. The molecule has 22 nitrogen and oxygen atoms in total. The summed E-state index contributed by atoms with van der Waals surface area (Å²) < 4.78 is 41.0. The van der Waals surface area contributed by atoms with E-state index in [0.29, 0.717) is 76.4 Å². The van der Waals surface area contributed by atoms with Gasteiger partial charge in [0.05, 0.1) is 36.9 Å². The predicted octanol–water partition coefficient (Wildman–Crippen LogP) is 14.4. The minimum Gasteiger partial charge on any atom is -0.357 e. The molecule has 6 N–H and O–H groups in total. The van der Waals surface area contributed by atoms with E-state index in [1.807, 2.05) is 52.7 Å². The molecule has 0 unspecified atom stereocenters. The molecule has 0 spiro atoms. The number of thioether (sulfide) groups is 3. The van der Waals surface area contributed by atoms with Gasteiger partial charge in [0.25, 0.3) is 17.7 Å². The smallest absolute Gasteiger partial charge is 0.357 e. The van der Waals surface area contributed by atoms with Crippen LogP contribution in [-0.2, 0) is 37.8 Å². The first-order chi connectivity index (χ1) is 49.9. The molecule has 0 bridgehead atoms. The Balaban J connectivity index is 0.000000166. The minimum absolute atomic E-state index is 0.00467. The van der Waals surface area contributed by atoms with Crippen LogP contribution in [0.2, 0.25) is 0 Å². The summed E-state index contributed by atoms with van der Waals surface area (Å²) >= 11 is 9.61. The van der Waals surface area contributed by atoms with Crippen LogP contribution in [0.1, 0.15) is 92.2 Å². The molecule has 3 aromatic carbocycles. The van der Waals surface area contributed by atoms with Gasteiger partial charge < -0.3 is 46.6 Å². The number of alkyl halides is 3. The molecule has 3 aliphatic heterocycles. The summed E-state index contributed by atoms with van der Waals surface area (Å²) in [6.45, 7) is 14.2. The van der Waals surface area contributed by atoms with Crippen molar-refractivity contribution in [3.63, 3.8) is 0 Å². The number of halogens is 3.